The minimum absolute atomic E-state index is 0.0972. The Morgan fingerprint density at radius 2 is 1.95 bits per heavy atom. The summed E-state index contributed by atoms with van der Waals surface area (Å²) in [5.41, 5.74) is 1.75. The third kappa shape index (κ3) is 6.69. The molecule has 10 heteroatoms. The van der Waals surface area contributed by atoms with E-state index in [0.717, 1.165) is 37.8 Å². The molecular weight excluding hydrogens is 486 g/mol. The first-order chi connectivity index (χ1) is 18.5. The zero-order valence-electron chi connectivity index (χ0n) is 22.2. The minimum atomic E-state index is -0.215. The Hall–Kier alpha value is -3.92. The van der Waals surface area contributed by atoms with Gasteiger partial charge in [0.25, 0.3) is 5.91 Å². The normalized spacial score (nSPS) is 15.6. The number of rotatable bonds is 11. The summed E-state index contributed by atoms with van der Waals surface area (Å²) in [6, 6.07) is 12.6. The maximum absolute atomic E-state index is 13.2. The molecule has 0 bridgehead atoms. The predicted octanol–water partition coefficient (Wildman–Crippen LogP) is 4.13. The molecule has 202 valence electrons. The lowest BCUT2D eigenvalue weighted by molar-refractivity contribution is -0.121. The molecule has 2 N–H and O–H groups in total. The fourth-order valence-corrected chi connectivity index (χ4v) is 4.51. The molecule has 4 rings (SSSR count). The third-order valence-corrected chi connectivity index (χ3v) is 6.59. The lowest BCUT2D eigenvalue weighted by Crippen LogP contribution is -2.40. The Morgan fingerprint density at radius 1 is 1.13 bits per heavy atom. The van der Waals surface area contributed by atoms with Crippen molar-refractivity contribution in [2.45, 2.75) is 39.2 Å². The van der Waals surface area contributed by atoms with E-state index in [-0.39, 0.29) is 17.7 Å². The maximum atomic E-state index is 13.2. The number of aromatic nitrogens is 2. The number of para-hydroxylation sites is 1. The van der Waals surface area contributed by atoms with E-state index in [4.69, 9.17) is 14.0 Å². The first kappa shape index (κ1) is 27.1. The molecule has 2 heterocycles. The lowest BCUT2D eigenvalue weighted by Gasteiger charge is -2.31. The molecule has 0 radical (unpaired) electrons. The number of methoxy groups -OCH3 is 2. The summed E-state index contributed by atoms with van der Waals surface area (Å²) in [7, 11) is 3.16. The number of carbonyl (C=O) groups excluding carboxylic acids is 2. The summed E-state index contributed by atoms with van der Waals surface area (Å²) >= 11 is 0. The van der Waals surface area contributed by atoms with Crippen molar-refractivity contribution in [1.29, 1.82) is 0 Å². The second-order valence-electron chi connectivity index (χ2n) is 9.30. The Labute approximate surface area is 222 Å². The van der Waals surface area contributed by atoms with Crippen molar-refractivity contribution in [2.75, 3.05) is 39.2 Å². The minimum Gasteiger partial charge on any atom is -0.493 e. The predicted molar refractivity (Wildman–Crippen MR) is 143 cm³/mol. The zero-order chi connectivity index (χ0) is 26.9. The highest BCUT2D eigenvalue weighted by Crippen LogP contribution is 2.31. The first-order valence-electron chi connectivity index (χ1n) is 13.0. The van der Waals surface area contributed by atoms with Crippen molar-refractivity contribution >= 4 is 17.5 Å². The van der Waals surface area contributed by atoms with E-state index in [1.54, 1.807) is 44.6 Å². The molecule has 0 spiro atoms. The van der Waals surface area contributed by atoms with Crippen molar-refractivity contribution in [3.63, 3.8) is 0 Å². The molecule has 3 aromatic rings. The van der Waals surface area contributed by atoms with Gasteiger partial charge in [-0.1, -0.05) is 30.6 Å². The molecule has 0 aliphatic carbocycles. The smallest absolute Gasteiger partial charge is 0.253 e. The molecular formula is C28H35N5O5. The van der Waals surface area contributed by atoms with Crippen LogP contribution in [0.25, 0.3) is 11.4 Å². The number of nitrogens with one attached hydrogen (secondary N) is 2. The maximum Gasteiger partial charge on any atom is 0.253 e. The van der Waals surface area contributed by atoms with Gasteiger partial charge in [-0.2, -0.15) is 4.98 Å². The van der Waals surface area contributed by atoms with Gasteiger partial charge >= 0.3 is 0 Å². The molecule has 1 atom stereocenters. The van der Waals surface area contributed by atoms with Gasteiger partial charge in [-0.25, -0.2) is 0 Å². The van der Waals surface area contributed by atoms with Crippen molar-refractivity contribution in [3.05, 3.63) is 53.9 Å². The molecule has 1 saturated heterocycles. The van der Waals surface area contributed by atoms with Crippen LogP contribution in [0.15, 0.2) is 47.0 Å². The number of piperidine rings is 1. The van der Waals surface area contributed by atoms with Gasteiger partial charge in [-0.05, 0) is 56.1 Å². The van der Waals surface area contributed by atoms with Crippen LogP contribution in [0.3, 0.4) is 0 Å². The largest absolute Gasteiger partial charge is 0.493 e. The molecule has 1 fully saturated rings. The lowest BCUT2D eigenvalue weighted by atomic mass is 9.96. The number of benzene rings is 2. The highest BCUT2D eigenvalue weighted by molar-refractivity contribution is 6.04. The summed E-state index contributed by atoms with van der Waals surface area (Å²) in [6.45, 7) is 4.52. The van der Waals surface area contributed by atoms with Crippen molar-refractivity contribution in [2.24, 2.45) is 5.92 Å². The summed E-state index contributed by atoms with van der Waals surface area (Å²) in [4.78, 5) is 32.5. The van der Waals surface area contributed by atoms with E-state index in [1.165, 1.54) is 0 Å². The summed E-state index contributed by atoms with van der Waals surface area (Å²) < 4.78 is 16.2. The Bertz CT molecular complexity index is 1240. The van der Waals surface area contributed by atoms with E-state index in [2.05, 4.69) is 32.6 Å². The van der Waals surface area contributed by atoms with Gasteiger partial charge in [0.1, 0.15) is 0 Å². The van der Waals surface area contributed by atoms with Crippen molar-refractivity contribution in [1.82, 2.24) is 20.4 Å². The van der Waals surface area contributed by atoms with Gasteiger partial charge in [0.05, 0.1) is 37.9 Å². The molecule has 10 nitrogen and oxygen atoms in total. The van der Waals surface area contributed by atoms with Crippen LogP contribution in [0.5, 0.6) is 11.5 Å². The second-order valence-corrected chi connectivity index (χ2v) is 9.30. The first-order valence-corrected chi connectivity index (χ1v) is 13.0. The van der Waals surface area contributed by atoms with Gasteiger partial charge in [-0.15, -0.1) is 0 Å². The van der Waals surface area contributed by atoms with Crippen LogP contribution < -0.4 is 20.1 Å². The molecule has 1 aromatic heterocycles. The monoisotopic (exact) mass is 521 g/mol. The van der Waals surface area contributed by atoms with Crippen LogP contribution in [0.2, 0.25) is 0 Å². The highest BCUT2D eigenvalue weighted by Gasteiger charge is 2.28. The van der Waals surface area contributed by atoms with Gasteiger partial charge in [-0.3, -0.25) is 14.5 Å². The molecule has 0 saturated carbocycles. The van der Waals surface area contributed by atoms with E-state index < -0.39 is 0 Å². The standard InChI is InChI=1S/C28H35N5O5/c1-4-5-14-29-28(35)21-10-6-7-11-22(21)30-27(34)20-9-8-15-33(17-20)18-25-31-26(32-38-25)19-12-13-23(36-2)24(16-19)37-3/h6-7,10-13,16,20H,4-5,8-9,14-15,17-18H2,1-3H3,(H,29,35)(H,30,34). The highest BCUT2D eigenvalue weighted by atomic mass is 16.5. The average molecular weight is 522 g/mol. The van der Waals surface area contributed by atoms with Gasteiger partial charge in [0.15, 0.2) is 11.5 Å². The summed E-state index contributed by atoms with van der Waals surface area (Å²) in [6.07, 6.45) is 3.55. The quantitative estimate of drug-likeness (QED) is 0.362. The number of nitrogens with zero attached hydrogens (tertiary/aromatic N) is 3. The van der Waals surface area contributed by atoms with E-state index >= 15 is 0 Å². The van der Waals surface area contributed by atoms with Gasteiger partial charge in [0.2, 0.25) is 17.6 Å². The number of likely N-dealkylation sites (tertiary alicyclic amines) is 1. The molecule has 1 unspecified atom stereocenters. The number of anilines is 1. The molecule has 2 aromatic carbocycles. The summed E-state index contributed by atoms with van der Waals surface area (Å²) in [5.74, 6) is 1.65. The van der Waals surface area contributed by atoms with Crippen molar-refractivity contribution < 1.29 is 23.6 Å². The van der Waals surface area contributed by atoms with Crippen LogP contribution in [-0.4, -0.2) is 60.7 Å². The van der Waals surface area contributed by atoms with Gasteiger partial charge < -0.3 is 24.6 Å². The molecule has 1 aliphatic rings. The molecule has 38 heavy (non-hydrogen) atoms. The topological polar surface area (TPSA) is 119 Å². The number of carbonyl (C=O) groups is 2. The van der Waals surface area contributed by atoms with Gasteiger partial charge in [0, 0.05) is 18.7 Å². The zero-order valence-corrected chi connectivity index (χ0v) is 22.2. The van der Waals surface area contributed by atoms with E-state index in [0.29, 0.717) is 54.1 Å². The van der Waals surface area contributed by atoms with E-state index in [9.17, 15) is 9.59 Å². The Morgan fingerprint density at radius 3 is 2.74 bits per heavy atom. The average Bonchev–Trinajstić information content (AvgIpc) is 3.41. The summed E-state index contributed by atoms with van der Waals surface area (Å²) in [5, 5.41) is 10.0. The van der Waals surface area contributed by atoms with Crippen LogP contribution in [0, 0.1) is 5.92 Å². The molecule has 2 amide bonds. The Kier molecular flexibility index (Phi) is 9.31. The fraction of sp³-hybridized carbons (Fsp3) is 0.429. The van der Waals surface area contributed by atoms with Crippen LogP contribution in [0.4, 0.5) is 5.69 Å². The van der Waals surface area contributed by atoms with E-state index in [1.807, 2.05) is 12.1 Å². The number of hydrogen-bond donors (Lipinski definition) is 2. The number of hydrogen-bond acceptors (Lipinski definition) is 8. The Balaban J connectivity index is 1.37. The second kappa shape index (κ2) is 13.0. The van der Waals surface area contributed by atoms with Crippen LogP contribution >= 0.6 is 0 Å². The van der Waals surface area contributed by atoms with Crippen LogP contribution in [-0.2, 0) is 11.3 Å². The number of unbranched alkanes of at least 4 members (excludes halogenated alkanes) is 1. The molecule has 1 aliphatic heterocycles. The number of ether oxygens (including phenoxy) is 2. The third-order valence-electron chi connectivity index (χ3n) is 6.59. The van der Waals surface area contributed by atoms with Crippen molar-refractivity contribution in [3.8, 4) is 22.9 Å². The number of amides is 2. The van der Waals surface area contributed by atoms with Crippen LogP contribution in [0.1, 0.15) is 48.9 Å². The SMILES string of the molecule is CCCCNC(=O)c1ccccc1NC(=O)C1CCCN(Cc2nc(-c3ccc(OC)c(OC)c3)no2)C1. The fourth-order valence-electron chi connectivity index (χ4n) is 4.51.